The van der Waals surface area contributed by atoms with Gasteiger partial charge in [-0.3, -0.25) is 4.79 Å². The summed E-state index contributed by atoms with van der Waals surface area (Å²) in [5.74, 6) is -0.00576. The lowest BCUT2D eigenvalue weighted by Gasteiger charge is -2.31. The Hall–Kier alpha value is -0.570. The van der Waals surface area contributed by atoms with Crippen molar-refractivity contribution in [3.8, 4) is 0 Å². The van der Waals surface area contributed by atoms with Gasteiger partial charge in [0.1, 0.15) is 0 Å². The summed E-state index contributed by atoms with van der Waals surface area (Å²) in [7, 11) is 0. The number of hydrogen-bond donors (Lipinski definition) is 1. The van der Waals surface area contributed by atoms with Crippen LogP contribution in [0.3, 0.4) is 0 Å². The Morgan fingerprint density at radius 1 is 1.31 bits per heavy atom. The third kappa shape index (κ3) is 4.12. The zero-order chi connectivity index (χ0) is 12.3. The molecule has 0 unspecified atom stereocenters. The first-order valence-electron chi connectivity index (χ1n) is 6.30. The van der Waals surface area contributed by atoms with Crippen LogP contribution < -0.4 is 0 Å². The van der Waals surface area contributed by atoms with Gasteiger partial charge in [-0.15, -0.1) is 0 Å². The molecule has 16 heavy (non-hydrogen) atoms. The van der Waals surface area contributed by atoms with Gasteiger partial charge < -0.3 is 10.0 Å². The summed E-state index contributed by atoms with van der Waals surface area (Å²) in [6.45, 7) is 10.8. The molecule has 0 spiro atoms. The van der Waals surface area contributed by atoms with Crippen molar-refractivity contribution in [1.29, 1.82) is 0 Å². The molecule has 0 aromatic carbocycles. The summed E-state index contributed by atoms with van der Waals surface area (Å²) in [5.41, 5.74) is 0.0883. The van der Waals surface area contributed by atoms with Crippen LogP contribution in [0.15, 0.2) is 0 Å². The maximum atomic E-state index is 10.8. The van der Waals surface area contributed by atoms with E-state index in [0.29, 0.717) is 18.4 Å². The van der Waals surface area contributed by atoms with Gasteiger partial charge in [0.05, 0.1) is 6.42 Å². The second kappa shape index (κ2) is 5.17. The lowest BCUT2D eigenvalue weighted by molar-refractivity contribution is -0.138. The van der Waals surface area contributed by atoms with Crippen LogP contribution >= 0.6 is 0 Å². The normalized spacial score (nSPS) is 18.4. The molecule has 0 heterocycles. The predicted octanol–water partition coefficient (Wildman–Crippen LogP) is 2.61. The monoisotopic (exact) mass is 227 g/mol. The fraction of sp³-hybridized carbons (Fsp3) is 0.923. The van der Waals surface area contributed by atoms with E-state index in [2.05, 4.69) is 32.6 Å². The number of rotatable bonds is 7. The van der Waals surface area contributed by atoms with Gasteiger partial charge in [0.25, 0.3) is 0 Å². The van der Waals surface area contributed by atoms with E-state index in [-0.39, 0.29) is 5.41 Å². The van der Waals surface area contributed by atoms with Crippen LogP contribution in [0, 0.1) is 11.3 Å². The number of carbonyl (C=O) groups is 1. The number of hydrogen-bond acceptors (Lipinski definition) is 2. The maximum absolute atomic E-state index is 10.8. The van der Waals surface area contributed by atoms with Crippen molar-refractivity contribution in [2.45, 2.75) is 53.0 Å². The molecule has 3 nitrogen and oxygen atoms in total. The average molecular weight is 227 g/mol. The minimum Gasteiger partial charge on any atom is -0.481 e. The van der Waals surface area contributed by atoms with Crippen molar-refractivity contribution in [1.82, 2.24) is 4.90 Å². The average Bonchev–Trinajstić information content (AvgIpc) is 2.81. The van der Waals surface area contributed by atoms with Gasteiger partial charge in [-0.2, -0.15) is 0 Å². The van der Waals surface area contributed by atoms with E-state index in [1.807, 2.05) is 0 Å². The third-order valence-corrected chi connectivity index (χ3v) is 3.35. The van der Waals surface area contributed by atoms with Crippen molar-refractivity contribution in [2.75, 3.05) is 13.1 Å². The highest BCUT2D eigenvalue weighted by molar-refractivity contribution is 5.68. The first-order chi connectivity index (χ1) is 7.34. The van der Waals surface area contributed by atoms with Gasteiger partial charge in [0.2, 0.25) is 0 Å². The van der Waals surface area contributed by atoms with E-state index >= 15 is 0 Å². The number of carboxylic acid groups (broad SMARTS) is 1. The summed E-state index contributed by atoms with van der Waals surface area (Å²) in [6, 6.07) is 0.508. The Labute approximate surface area is 98.8 Å². The zero-order valence-corrected chi connectivity index (χ0v) is 11.0. The van der Waals surface area contributed by atoms with Crippen LogP contribution in [0.2, 0.25) is 0 Å². The van der Waals surface area contributed by atoms with Crippen molar-refractivity contribution in [2.24, 2.45) is 11.3 Å². The molecule has 0 aliphatic heterocycles. The molecule has 0 radical (unpaired) electrons. The van der Waals surface area contributed by atoms with Crippen LogP contribution in [0.4, 0.5) is 0 Å². The zero-order valence-electron chi connectivity index (χ0n) is 11.0. The minimum absolute atomic E-state index is 0.0883. The van der Waals surface area contributed by atoms with Crippen LogP contribution in [-0.4, -0.2) is 35.1 Å². The fourth-order valence-electron chi connectivity index (χ4n) is 2.25. The molecule has 1 N–H and O–H groups in total. The van der Waals surface area contributed by atoms with E-state index in [4.69, 9.17) is 5.11 Å². The van der Waals surface area contributed by atoms with Crippen molar-refractivity contribution < 1.29 is 9.90 Å². The summed E-state index contributed by atoms with van der Waals surface area (Å²) in [6.07, 6.45) is 2.51. The molecule has 0 bridgehead atoms. The van der Waals surface area contributed by atoms with Gasteiger partial charge in [0.15, 0.2) is 0 Å². The van der Waals surface area contributed by atoms with Crippen LogP contribution in [0.25, 0.3) is 0 Å². The molecule has 1 rings (SSSR count). The first kappa shape index (κ1) is 13.5. The minimum atomic E-state index is -0.647. The molecule has 0 saturated heterocycles. The van der Waals surface area contributed by atoms with Crippen LogP contribution in [-0.2, 0) is 4.79 Å². The molecular formula is C13H25NO2. The highest BCUT2D eigenvalue weighted by atomic mass is 16.4. The van der Waals surface area contributed by atoms with Gasteiger partial charge in [-0.05, 0) is 38.0 Å². The topological polar surface area (TPSA) is 40.5 Å². The third-order valence-electron chi connectivity index (χ3n) is 3.35. The van der Waals surface area contributed by atoms with Gasteiger partial charge >= 0.3 is 5.97 Å². The predicted molar refractivity (Wildman–Crippen MR) is 65.5 cm³/mol. The molecule has 0 aromatic rings. The summed E-state index contributed by atoms with van der Waals surface area (Å²) in [5, 5.41) is 8.90. The fourth-order valence-corrected chi connectivity index (χ4v) is 2.25. The Kier molecular flexibility index (Phi) is 4.36. The first-order valence-corrected chi connectivity index (χ1v) is 6.30. The molecule has 1 fully saturated rings. The Morgan fingerprint density at radius 2 is 1.88 bits per heavy atom. The quantitative estimate of drug-likeness (QED) is 0.727. The number of carboxylic acids is 1. The second-order valence-corrected chi connectivity index (χ2v) is 5.99. The summed E-state index contributed by atoms with van der Waals surface area (Å²) >= 11 is 0. The highest BCUT2D eigenvalue weighted by Crippen LogP contribution is 2.49. The van der Waals surface area contributed by atoms with Gasteiger partial charge in [-0.25, -0.2) is 0 Å². The second-order valence-electron chi connectivity index (χ2n) is 5.99. The molecular weight excluding hydrogens is 202 g/mol. The molecule has 94 valence electrons. The summed E-state index contributed by atoms with van der Waals surface area (Å²) in [4.78, 5) is 13.2. The SMILES string of the molecule is CC(C)CN(CC1(CC(=O)O)CC1)C(C)C. The van der Waals surface area contributed by atoms with E-state index in [0.717, 1.165) is 25.9 Å². The van der Waals surface area contributed by atoms with E-state index in [1.54, 1.807) is 0 Å². The van der Waals surface area contributed by atoms with Crippen LogP contribution in [0.5, 0.6) is 0 Å². The standard InChI is InChI=1S/C13H25NO2/c1-10(2)8-14(11(3)4)9-13(5-6-13)7-12(15)16/h10-11H,5-9H2,1-4H3,(H,15,16). The van der Waals surface area contributed by atoms with Gasteiger partial charge in [0, 0.05) is 19.1 Å². The Morgan fingerprint density at radius 3 is 2.19 bits per heavy atom. The van der Waals surface area contributed by atoms with Crippen molar-refractivity contribution >= 4 is 5.97 Å². The van der Waals surface area contributed by atoms with E-state index < -0.39 is 5.97 Å². The largest absolute Gasteiger partial charge is 0.481 e. The lowest BCUT2D eigenvalue weighted by Crippen LogP contribution is -2.39. The molecule has 1 aliphatic carbocycles. The molecule has 1 saturated carbocycles. The van der Waals surface area contributed by atoms with E-state index in [1.165, 1.54) is 0 Å². The van der Waals surface area contributed by atoms with Gasteiger partial charge in [-0.1, -0.05) is 13.8 Å². The lowest BCUT2D eigenvalue weighted by atomic mass is 10.0. The molecule has 3 heteroatoms. The number of aliphatic carboxylic acids is 1. The highest BCUT2D eigenvalue weighted by Gasteiger charge is 2.45. The molecule has 0 amide bonds. The summed E-state index contributed by atoms with van der Waals surface area (Å²) < 4.78 is 0. The Balaban J connectivity index is 2.51. The molecule has 0 atom stereocenters. The smallest absolute Gasteiger partial charge is 0.303 e. The Bertz CT molecular complexity index is 244. The molecule has 1 aliphatic rings. The number of nitrogens with zero attached hydrogens (tertiary/aromatic N) is 1. The van der Waals surface area contributed by atoms with Crippen molar-refractivity contribution in [3.05, 3.63) is 0 Å². The van der Waals surface area contributed by atoms with Crippen molar-refractivity contribution in [3.63, 3.8) is 0 Å². The molecule has 0 aromatic heterocycles. The van der Waals surface area contributed by atoms with E-state index in [9.17, 15) is 4.79 Å². The maximum Gasteiger partial charge on any atom is 0.303 e. The van der Waals surface area contributed by atoms with Crippen LogP contribution in [0.1, 0.15) is 47.0 Å².